The second-order valence-electron chi connectivity index (χ2n) is 3.31. The number of halogens is 2. The van der Waals surface area contributed by atoms with Crippen LogP contribution in [-0.4, -0.2) is 9.91 Å². The molecule has 18 heavy (non-hydrogen) atoms. The van der Waals surface area contributed by atoms with Gasteiger partial charge in [0.05, 0.1) is 22.2 Å². The molecule has 0 aliphatic carbocycles. The summed E-state index contributed by atoms with van der Waals surface area (Å²) >= 11 is 5.69. The fourth-order valence-corrected chi connectivity index (χ4v) is 1.43. The lowest BCUT2D eigenvalue weighted by Crippen LogP contribution is -1.92. The van der Waals surface area contributed by atoms with E-state index in [1.54, 1.807) is 0 Å². The number of pyridine rings is 1. The summed E-state index contributed by atoms with van der Waals surface area (Å²) in [7, 11) is 0. The lowest BCUT2D eigenvalue weighted by molar-refractivity contribution is -0.385. The van der Waals surface area contributed by atoms with Crippen molar-refractivity contribution >= 4 is 17.3 Å². The van der Waals surface area contributed by atoms with Gasteiger partial charge in [-0.05, 0) is 6.07 Å². The monoisotopic (exact) mass is 268 g/mol. The van der Waals surface area contributed by atoms with Crippen molar-refractivity contribution in [1.29, 1.82) is 0 Å². The van der Waals surface area contributed by atoms with Crippen LogP contribution in [0.5, 0.6) is 11.5 Å². The van der Waals surface area contributed by atoms with Gasteiger partial charge in [0, 0.05) is 18.3 Å². The number of rotatable bonds is 3. The zero-order valence-electron chi connectivity index (χ0n) is 8.84. The number of hydrogen-bond acceptors (Lipinski definition) is 4. The third-order valence-electron chi connectivity index (χ3n) is 2.03. The second-order valence-corrected chi connectivity index (χ2v) is 3.75. The molecule has 0 fully saturated rings. The van der Waals surface area contributed by atoms with Crippen molar-refractivity contribution in [2.45, 2.75) is 0 Å². The first kappa shape index (κ1) is 12.3. The van der Waals surface area contributed by atoms with Crippen LogP contribution in [0.15, 0.2) is 36.7 Å². The van der Waals surface area contributed by atoms with E-state index < -0.39 is 10.7 Å². The first-order chi connectivity index (χ1) is 8.56. The van der Waals surface area contributed by atoms with Gasteiger partial charge in [-0.15, -0.1) is 0 Å². The highest BCUT2D eigenvalue weighted by Gasteiger charge is 2.12. The van der Waals surface area contributed by atoms with Crippen molar-refractivity contribution < 1.29 is 14.1 Å². The van der Waals surface area contributed by atoms with Crippen LogP contribution in [0.1, 0.15) is 0 Å². The second kappa shape index (κ2) is 4.97. The molecule has 1 aromatic carbocycles. The summed E-state index contributed by atoms with van der Waals surface area (Å²) in [5.74, 6) is -0.718. The predicted octanol–water partition coefficient (Wildman–Crippen LogP) is 3.57. The van der Waals surface area contributed by atoms with E-state index in [0.29, 0.717) is 5.02 Å². The molecule has 2 aromatic rings. The summed E-state index contributed by atoms with van der Waals surface area (Å²) in [5.41, 5.74) is -0.343. The predicted molar refractivity (Wildman–Crippen MR) is 62.4 cm³/mol. The standard InChI is InChI=1S/C11H6ClFN2O3/c12-7-3-9(6-14-5-7)18-11-2-1-8(15(16)17)4-10(11)13/h1-6H. The fraction of sp³-hybridized carbons (Fsp3) is 0. The van der Waals surface area contributed by atoms with Crippen molar-refractivity contribution in [2.24, 2.45) is 0 Å². The van der Waals surface area contributed by atoms with E-state index in [9.17, 15) is 14.5 Å². The Hall–Kier alpha value is -2.21. The molecule has 0 saturated carbocycles. The van der Waals surface area contributed by atoms with E-state index in [2.05, 4.69) is 4.98 Å². The van der Waals surface area contributed by atoms with E-state index in [1.165, 1.54) is 24.5 Å². The Bertz CT molecular complexity index is 607. The molecule has 0 radical (unpaired) electrons. The van der Waals surface area contributed by atoms with Gasteiger partial charge in [-0.1, -0.05) is 11.6 Å². The van der Waals surface area contributed by atoms with E-state index >= 15 is 0 Å². The van der Waals surface area contributed by atoms with Gasteiger partial charge in [0.1, 0.15) is 5.75 Å². The van der Waals surface area contributed by atoms with Crippen molar-refractivity contribution in [3.05, 3.63) is 57.6 Å². The fourth-order valence-electron chi connectivity index (χ4n) is 1.26. The van der Waals surface area contributed by atoms with Gasteiger partial charge in [0.2, 0.25) is 0 Å². The zero-order valence-corrected chi connectivity index (χ0v) is 9.60. The highest BCUT2D eigenvalue weighted by Crippen LogP contribution is 2.28. The lowest BCUT2D eigenvalue weighted by Gasteiger charge is -2.06. The molecule has 0 aliphatic rings. The first-order valence-corrected chi connectivity index (χ1v) is 5.16. The Morgan fingerprint density at radius 2 is 2.11 bits per heavy atom. The smallest absolute Gasteiger partial charge is 0.272 e. The number of nitro groups is 1. The minimum Gasteiger partial charge on any atom is -0.453 e. The third-order valence-corrected chi connectivity index (χ3v) is 2.24. The SMILES string of the molecule is O=[N+]([O-])c1ccc(Oc2cncc(Cl)c2)c(F)c1. The molecule has 0 aliphatic heterocycles. The minimum atomic E-state index is -0.829. The number of nitrogens with zero attached hydrogens (tertiary/aromatic N) is 2. The molecule has 0 spiro atoms. The maximum Gasteiger partial charge on any atom is 0.272 e. The number of non-ortho nitro benzene ring substituents is 1. The van der Waals surface area contributed by atoms with E-state index in [0.717, 1.165) is 12.1 Å². The van der Waals surface area contributed by atoms with Crippen LogP contribution in [0, 0.1) is 15.9 Å². The minimum absolute atomic E-state index is 0.135. The van der Waals surface area contributed by atoms with Crippen LogP contribution >= 0.6 is 11.6 Å². The Morgan fingerprint density at radius 3 is 2.72 bits per heavy atom. The average molecular weight is 269 g/mol. The molecular formula is C11H6ClFN2O3. The molecule has 2 rings (SSSR count). The van der Waals surface area contributed by atoms with Crippen LogP contribution in [-0.2, 0) is 0 Å². The van der Waals surface area contributed by atoms with Crippen molar-refractivity contribution in [3.8, 4) is 11.5 Å². The molecule has 7 heteroatoms. The van der Waals surface area contributed by atoms with Crippen molar-refractivity contribution in [1.82, 2.24) is 4.98 Å². The number of aromatic nitrogens is 1. The highest BCUT2D eigenvalue weighted by atomic mass is 35.5. The summed E-state index contributed by atoms with van der Waals surface area (Å²) in [5, 5.41) is 10.8. The summed E-state index contributed by atoms with van der Waals surface area (Å²) in [6, 6.07) is 4.56. The van der Waals surface area contributed by atoms with Crippen LogP contribution < -0.4 is 4.74 Å². The summed E-state index contributed by atoms with van der Waals surface area (Å²) in [6.07, 6.45) is 2.76. The third kappa shape index (κ3) is 2.72. The maximum absolute atomic E-state index is 13.5. The quantitative estimate of drug-likeness (QED) is 0.630. The van der Waals surface area contributed by atoms with E-state index in [4.69, 9.17) is 16.3 Å². The summed E-state index contributed by atoms with van der Waals surface area (Å²) in [6.45, 7) is 0. The van der Waals surface area contributed by atoms with E-state index in [-0.39, 0.29) is 17.2 Å². The van der Waals surface area contributed by atoms with Crippen LogP contribution in [0.4, 0.5) is 10.1 Å². The summed E-state index contributed by atoms with van der Waals surface area (Å²) < 4.78 is 18.7. The van der Waals surface area contributed by atoms with Gasteiger partial charge in [-0.3, -0.25) is 15.1 Å². The van der Waals surface area contributed by atoms with Crippen LogP contribution in [0.2, 0.25) is 5.02 Å². The van der Waals surface area contributed by atoms with Crippen molar-refractivity contribution in [3.63, 3.8) is 0 Å². The molecule has 5 nitrogen and oxygen atoms in total. The van der Waals surface area contributed by atoms with Crippen LogP contribution in [0.3, 0.4) is 0 Å². The van der Waals surface area contributed by atoms with Gasteiger partial charge in [-0.2, -0.15) is 0 Å². The molecule has 0 atom stereocenters. The Kier molecular flexibility index (Phi) is 3.38. The molecule has 92 valence electrons. The maximum atomic E-state index is 13.5. The summed E-state index contributed by atoms with van der Waals surface area (Å²) in [4.78, 5) is 13.5. The van der Waals surface area contributed by atoms with Crippen molar-refractivity contribution in [2.75, 3.05) is 0 Å². The van der Waals surface area contributed by atoms with Gasteiger partial charge in [-0.25, -0.2) is 4.39 Å². The van der Waals surface area contributed by atoms with Gasteiger partial charge >= 0.3 is 0 Å². The molecule has 0 saturated heterocycles. The normalized spacial score (nSPS) is 10.1. The Morgan fingerprint density at radius 1 is 1.33 bits per heavy atom. The highest BCUT2D eigenvalue weighted by molar-refractivity contribution is 6.30. The molecule has 0 amide bonds. The molecule has 0 bridgehead atoms. The number of ether oxygens (including phenoxy) is 1. The number of nitro benzene ring substituents is 1. The molecule has 0 N–H and O–H groups in total. The molecular weight excluding hydrogens is 263 g/mol. The van der Waals surface area contributed by atoms with Gasteiger partial charge in [0.15, 0.2) is 11.6 Å². The lowest BCUT2D eigenvalue weighted by atomic mass is 10.3. The van der Waals surface area contributed by atoms with Gasteiger partial charge < -0.3 is 4.74 Å². The first-order valence-electron chi connectivity index (χ1n) is 4.78. The molecule has 0 unspecified atom stereocenters. The number of hydrogen-bond donors (Lipinski definition) is 0. The molecule has 1 heterocycles. The number of benzene rings is 1. The average Bonchev–Trinajstić information content (AvgIpc) is 2.31. The van der Waals surface area contributed by atoms with Crippen LogP contribution in [0.25, 0.3) is 0 Å². The zero-order chi connectivity index (χ0) is 13.1. The Balaban J connectivity index is 2.27. The largest absolute Gasteiger partial charge is 0.453 e. The Labute approximate surface area is 106 Å². The van der Waals surface area contributed by atoms with Gasteiger partial charge in [0.25, 0.3) is 5.69 Å². The van der Waals surface area contributed by atoms with E-state index in [1.807, 2.05) is 0 Å². The molecule has 1 aromatic heterocycles. The topological polar surface area (TPSA) is 65.3 Å².